The minimum atomic E-state index is -4.00. The molecule has 0 aliphatic carbocycles. The van der Waals surface area contributed by atoms with Crippen molar-refractivity contribution < 1.29 is 12.8 Å². The molecule has 112 valence electrons. The predicted molar refractivity (Wildman–Crippen MR) is 81.5 cm³/mol. The van der Waals surface area contributed by atoms with E-state index in [0.29, 0.717) is 0 Å². The van der Waals surface area contributed by atoms with E-state index in [9.17, 15) is 12.8 Å². The van der Waals surface area contributed by atoms with E-state index in [1.165, 1.54) is 18.2 Å². The third-order valence-electron chi connectivity index (χ3n) is 2.58. The summed E-state index contributed by atoms with van der Waals surface area (Å²) in [4.78, 5) is -0.0936. The molecule has 0 aromatic heterocycles. The van der Waals surface area contributed by atoms with Gasteiger partial charge in [0, 0.05) is 0 Å². The molecular formula is C12H10Cl2FN3O2S. The third kappa shape index (κ3) is 3.38. The largest absolute Gasteiger partial charge is 0.323 e. The molecule has 0 aliphatic heterocycles. The van der Waals surface area contributed by atoms with Crippen LogP contribution in [0.4, 0.5) is 15.8 Å². The van der Waals surface area contributed by atoms with Crippen LogP contribution in [0, 0.1) is 5.82 Å². The number of hydrogen-bond acceptors (Lipinski definition) is 4. The zero-order chi connectivity index (χ0) is 15.6. The first-order valence-corrected chi connectivity index (χ1v) is 7.82. The lowest BCUT2D eigenvalue weighted by Crippen LogP contribution is -2.18. The SMILES string of the molecule is NNc1ccccc1S(=O)(=O)Nc1c(Cl)cc(F)cc1Cl. The first-order valence-electron chi connectivity index (χ1n) is 5.58. The molecule has 0 atom stereocenters. The highest BCUT2D eigenvalue weighted by Crippen LogP contribution is 2.34. The number of nitrogens with one attached hydrogen (secondary N) is 2. The average Bonchev–Trinajstić information content (AvgIpc) is 2.43. The zero-order valence-electron chi connectivity index (χ0n) is 10.4. The van der Waals surface area contributed by atoms with Crippen LogP contribution in [0.1, 0.15) is 0 Å². The number of nitrogens with two attached hydrogens (primary N) is 1. The molecule has 0 heterocycles. The lowest BCUT2D eigenvalue weighted by molar-refractivity contribution is 0.601. The maximum Gasteiger partial charge on any atom is 0.264 e. The maximum atomic E-state index is 13.1. The van der Waals surface area contributed by atoms with E-state index >= 15 is 0 Å². The summed E-state index contributed by atoms with van der Waals surface area (Å²) >= 11 is 11.6. The van der Waals surface area contributed by atoms with Gasteiger partial charge in [-0.25, -0.2) is 12.8 Å². The Balaban J connectivity index is 2.48. The molecule has 0 radical (unpaired) electrons. The van der Waals surface area contributed by atoms with Gasteiger partial charge in [0.05, 0.1) is 21.4 Å². The fraction of sp³-hybridized carbons (Fsp3) is 0. The molecule has 0 fully saturated rings. The van der Waals surface area contributed by atoms with Gasteiger partial charge in [0.25, 0.3) is 10.0 Å². The number of rotatable bonds is 4. The van der Waals surface area contributed by atoms with Crippen LogP contribution >= 0.6 is 23.2 Å². The Hall–Kier alpha value is -1.54. The second-order valence-electron chi connectivity index (χ2n) is 3.99. The average molecular weight is 350 g/mol. The highest BCUT2D eigenvalue weighted by Gasteiger charge is 2.21. The number of hydrogen-bond donors (Lipinski definition) is 3. The van der Waals surface area contributed by atoms with Crippen molar-refractivity contribution in [3.8, 4) is 0 Å². The number of halogens is 3. The minimum absolute atomic E-state index is 0.0936. The second-order valence-corrected chi connectivity index (χ2v) is 6.46. The van der Waals surface area contributed by atoms with Crippen LogP contribution in [0.3, 0.4) is 0 Å². The van der Waals surface area contributed by atoms with Gasteiger partial charge in [0.15, 0.2) is 0 Å². The van der Waals surface area contributed by atoms with Crippen LogP contribution in [0.5, 0.6) is 0 Å². The smallest absolute Gasteiger partial charge is 0.264 e. The fourth-order valence-corrected chi connectivity index (χ4v) is 3.59. The minimum Gasteiger partial charge on any atom is -0.323 e. The Morgan fingerprint density at radius 2 is 1.67 bits per heavy atom. The number of sulfonamides is 1. The summed E-state index contributed by atoms with van der Waals surface area (Å²) in [6.07, 6.45) is 0. The molecule has 0 unspecified atom stereocenters. The van der Waals surface area contributed by atoms with Crippen LogP contribution < -0.4 is 16.0 Å². The van der Waals surface area contributed by atoms with E-state index in [0.717, 1.165) is 12.1 Å². The highest BCUT2D eigenvalue weighted by atomic mass is 35.5. The molecule has 0 aliphatic rings. The van der Waals surface area contributed by atoms with E-state index in [1.807, 2.05) is 0 Å². The van der Waals surface area contributed by atoms with Crippen LogP contribution in [-0.2, 0) is 10.0 Å². The summed E-state index contributed by atoms with van der Waals surface area (Å²) in [5.41, 5.74) is 2.37. The van der Waals surface area contributed by atoms with Crippen molar-refractivity contribution in [2.75, 3.05) is 10.1 Å². The van der Waals surface area contributed by atoms with E-state index < -0.39 is 15.8 Å². The molecule has 9 heteroatoms. The van der Waals surface area contributed by atoms with Crippen molar-refractivity contribution in [1.82, 2.24) is 0 Å². The Morgan fingerprint density at radius 1 is 1.10 bits per heavy atom. The van der Waals surface area contributed by atoms with Crippen LogP contribution in [0.15, 0.2) is 41.3 Å². The molecule has 0 saturated heterocycles. The fourth-order valence-electron chi connectivity index (χ4n) is 1.65. The number of benzene rings is 2. The number of para-hydroxylation sites is 1. The van der Waals surface area contributed by atoms with Gasteiger partial charge in [-0.3, -0.25) is 10.6 Å². The first kappa shape index (κ1) is 15.8. The topological polar surface area (TPSA) is 84.2 Å². The van der Waals surface area contributed by atoms with Gasteiger partial charge in [-0.05, 0) is 24.3 Å². The van der Waals surface area contributed by atoms with Gasteiger partial charge in [0.1, 0.15) is 10.7 Å². The second kappa shape index (κ2) is 6.07. The molecule has 2 aromatic rings. The van der Waals surface area contributed by atoms with Gasteiger partial charge in [0.2, 0.25) is 0 Å². The standard InChI is InChI=1S/C12H10Cl2FN3O2S/c13-8-5-7(15)6-9(14)12(8)18-21(19,20)11-4-2-1-3-10(11)17-16/h1-6,17-18H,16H2. The van der Waals surface area contributed by atoms with Crippen LogP contribution in [-0.4, -0.2) is 8.42 Å². The zero-order valence-corrected chi connectivity index (χ0v) is 12.7. The van der Waals surface area contributed by atoms with Crippen molar-refractivity contribution in [2.24, 2.45) is 5.84 Å². The lowest BCUT2D eigenvalue weighted by atomic mass is 10.3. The number of nitrogen functional groups attached to an aromatic ring is 1. The van der Waals surface area contributed by atoms with E-state index in [2.05, 4.69) is 10.1 Å². The molecule has 4 N–H and O–H groups in total. The van der Waals surface area contributed by atoms with Gasteiger partial charge >= 0.3 is 0 Å². The third-order valence-corrected chi connectivity index (χ3v) is 4.58. The predicted octanol–water partition coefficient (Wildman–Crippen LogP) is 3.22. The Kier molecular flexibility index (Phi) is 4.58. The monoisotopic (exact) mass is 349 g/mol. The molecule has 0 spiro atoms. The summed E-state index contributed by atoms with van der Waals surface area (Å²) in [6, 6.07) is 7.90. The lowest BCUT2D eigenvalue weighted by Gasteiger charge is -2.13. The van der Waals surface area contributed by atoms with Gasteiger partial charge in [-0.1, -0.05) is 35.3 Å². The Labute approximate surface area is 130 Å². The molecule has 0 saturated carbocycles. The normalized spacial score (nSPS) is 11.2. The maximum absolute atomic E-state index is 13.1. The summed E-state index contributed by atoms with van der Waals surface area (Å²) in [5.74, 6) is 4.61. The van der Waals surface area contributed by atoms with Crippen LogP contribution in [0.2, 0.25) is 10.0 Å². The molecule has 0 bridgehead atoms. The van der Waals surface area contributed by atoms with Gasteiger partial charge < -0.3 is 5.43 Å². The summed E-state index contributed by atoms with van der Waals surface area (Å²) in [6.45, 7) is 0. The molecule has 21 heavy (non-hydrogen) atoms. The van der Waals surface area contributed by atoms with E-state index in [1.54, 1.807) is 6.07 Å². The molecular weight excluding hydrogens is 340 g/mol. The molecule has 2 rings (SSSR count). The summed E-state index contributed by atoms with van der Waals surface area (Å²) in [7, 11) is -4.00. The van der Waals surface area contributed by atoms with Gasteiger partial charge in [-0.2, -0.15) is 0 Å². The molecule has 0 amide bonds. The van der Waals surface area contributed by atoms with Crippen LogP contribution in [0.25, 0.3) is 0 Å². The molecule has 2 aromatic carbocycles. The summed E-state index contributed by atoms with van der Waals surface area (Å²) < 4.78 is 40.0. The summed E-state index contributed by atoms with van der Waals surface area (Å²) in [5, 5.41) is -0.302. The van der Waals surface area contributed by atoms with Crippen molar-refractivity contribution in [1.29, 1.82) is 0 Å². The van der Waals surface area contributed by atoms with E-state index in [-0.39, 0.29) is 26.3 Å². The molecule has 5 nitrogen and oxygen atoms in total. The van der Waals surface area contributed by atoms with Crippen molar-refractivity contribution in [2.45, 2.75) is 4.90 Å². The number of anilines is 2. The highest BCUT2D eigenvalue weighted by molar-refractivity contribution is 7.93. The van der Waals surface area contributed by atoms with Crippen molar-refractivity contribution >= 4 is 44.6 Å². The van der Waals surface area contributed by atoms with Gasteiger partial charge in [-0.15, -0.1) is 0 Å². The Morgan fingerprint density at radius 3 is 2.24 bits per heavy atom. The van der Waals surface area contributed by atoms with Crippen molar-refractivity contribution in [3.63, 3.8) is 0 Å². The quantitative estimate of drug-likeness (QED) is 0.584. The van der Waals surface area contributed by atoms with Crippen molar-refractivity contribution in [3.05, 3.63) is 52.3 Å². The number of hydrazine groups is 1. The first-order chi connectivity index (χ1) is 9.85. The van der Waals surface area contributed by atoms with E-state index in [4.69, 9.17) is 29.0 Å². The Bertz CT molecular complexity index is 761.